The van der Waals surface area contributed by atoms with Crippen molar-refractivity contribution in [3.8, 4) is 0 Å². The second-order valence-corrected chi connectivity index (χ2v) is 2.47. The van der Waals surface area contributed by atoms with E-state index in [-0.39, 0.29) is 6.47 Å². The highest BCUT2D eigenvalue weighted by Crippen LogP contribution is 2.04. The molecule has 1 aliphatic heterocycles. The Morgan fingerprint density at radius 1 is 1.30 bits per heavy atom. The van der Waals surface area contributed by atoms with Crippen LogP contribution in [0, 0.1) is 0 Å². The first-order chi connectivity index (χ1) is 4.81. The van der Waals surface area contributed by atoms with Gasteiger partial charge in [0, 0.05) is 0 Å². The normalized spacial score (nSPS) is 18.9. The molecule has 0 aromatic carbocycles. The van der Waals surface area contributed by atoms with Gasteiger partial charge in [-0.25, -0.2) is 0 Å². The average molecular weight is 145 g/mol. The number of piperidine rings is 1. The number of likely N-dealkylation sites (tertiary alicyclic amines) is 1. The molecule has 1 saturated heterocycles. The van der Waals surface area contributed by atoms with E-state index >= 15 is 0 Å². The van der Waals surface area contributed by atoms with Crippen LogP contribution in [-0.4, -0.2) is 36.6 Å². The standard InChI is InChI=1S/C6H13N.CH2O2/c1-7-5-3-2-4-6-7;2-1-3/h2-6H2,1H3;1H,(H,2,3). The summed E-state index contributed by atoms with van der Waals surface area (Å²) < 4.78 is 0. The molecule has 0 aromatic heterocycles. The van der Waals surface area contributed by atoms with E-state index in [2.05, 4.69) is 11.9 Å². The zero-order valence-corrected chi connectivity index (χ0v) is 6.42. The predicted octanol–water partition coefficient (Wildman–Crippen LogP) is 0.803. The smallest absolute Gasteiger partial charge is 0.290 e. The van der Waals surface area contributed by atoms with Gasteiger partial charge in [0.25, 0.3) is 6.47 Å². The second kappa shape index (κ2) is 6.55. The highest BCUT2D eigenvalue weighted by Gasteiger charge is 2.02. The highest BCUT2D eigenvalue weighted by atomic mass is 16.3. The van der Waals surface area contributed by atoms with Gasteiger partial charge in [0.05, 0.1) is 0 Å². The third kappa shape index (κ3) is 5.56. The van der Waals surface area contributed by atoms with Gasteiger partial charge in [0.15, 0.2) is 0 Å². The maximum atomic E-state index is 8.36. The van der Waals surface area contributed by atoms with Crippen molar-refractivity contribution >= 4 is 6.47 Å². The van der Waals surface area contributed by atoms with Gasteiger partial charge in [-0.05, 0) is 33.0 Å². The van der Waals surface area contributed by atoms with Crippen molar-refractivity contribution in [2.75, 3.05) is 20.1 Å². The van der Waals surface area contributed by atoms with E-state index in [0.29, 0.717) is 0 Å². The van der Waals surface area contributed by atoms with Crippen LogP contribution < -0.4 is 0 Å². The van der Waals surface area contributed by atoms with Gasteiger partial charge in [-0.2, -0.15) is 0 Å². The molecule has 0 aliphatic carbocycles. The molecule has 3 nitrogen and oxygen atoms in total. The van der Waals surface area contributed by atoms with Crippen molar-refractivity contribution in [2.24, 2.45) is 0 Å². The molecule has 0 spiro atoms. The van der Waals surface area contributed by atoms with Crippen LogP contribution in [0.1, 0.15) is 19.3 Å². The third-order valence-corrected chi connectivity index (χ3v) is 1.58. The number of nitrogens with zero attached hydrogens (tertiary/aromatic N) is 1. The Hall–Kier alpha value is -0.570. The summed E-state index contributed by atoms with van der Waals surface area (Å²) in [4.78, 5) is 10.8. The molecule has 0 atom stereocenters. The van der Waals surface area contributed by atoms with E-state index in [4.69, 9.17) is 9.90 Å². The van der Waals surface area contributed by atoms with E-state index in [1.807, 2.05) is 0 Å². The minimum atomic E-state index is -0.250. The van der Waals surface area contributed by atoms with Crippen molar-refractivity contribution in [3.05, 3.63) is 0 Å². The largest absolute Gasteiger partial charge is 0.483 e. The number of hydrogen-bond acceptors (Lipinski definition) is 2. The predicted molar refractivity (Wildman–Crippen MR) is 40.0 cm³/mol. The quantitative estimate of drug-likeness (QED) is 0.513. The molecule has 1 aliphatic rings. The monoisotopic (exact) mass is 145 g/mol. The first-order valence-electron chi connectivity index (χ1n) is 3.57. The van der Waals surface area contributed by atoms with Crippen molar-refractivity contribution in [1.29, 1.82) is 0 Å². The minimum absolute atomic E-state index is 0.250. The Bertz CT molecular complexity index is 79.7. The van der Waals surface area contributed by atoms with Crippen LogP contribution >= 0.6 is 0 Å². The Labute approximate surface area is 61.6 Å². The Morgan fingerprint density at radius 3 is 1.90 bits per heavy atom. The minimum Gasteiger partial charge on any atom is -0.483 e. The van der Waals surface area contributed by atoms with Gasteiger partial charge >= 0.3 is 0 Å². The molecule has 3 heteroatoms. The topological polar surface area (TPSA) is 40.5 Å². The second-order valence-electron chi connectivity index (χ2n) is 2.47. The third-order valence-electron chi connectivity index (χ3n) is 1.58. The molecule has 0 bridgehead atoms. The van der Waals surface area contributed by atoms with Crippen molar-refractivity contribution in [3.63, 3.8) is 0 Å². The van der Waals surface area contributed by atoms with E-state index in [1.165, 1.54) is 32.4 Å². The summed E-state index contributed by atoms with van der Waals surface area (Å²) in [5.41, 5.74) is 0. The SMILES string of the molecule is CN1CCCCC1.O=CO. The zero-order chi connectivity index (χ0) is 7.82. The molecule has 60 valence electrons. The van der Waals surface area contributed by atoms with Gasteiger partial charge in [0.2, 0.25) is 0 Å². The lowest BCUT2D eigenvalue weighted by atomic mass is 10.1. The summed E-state index contributed by atoms with van der Waals surface area (Å²) in [6, 6.07) is 0. The first kappa shape index (κ1) is 9.43. The van der Waals surface area contributed by atoms with Gasteiger partial charge in [-0.1, -0.05) is 6.42 Å². The molecule has 0 aromatic rings. The molecule has 1 N–H and O–H groups in total. The van der Waals surface area contributed by atoms with Crippen molar-refractivity contribution < 1.29 is 9.90 Å². The molecule has 1 heterocycles. The number of carboxylic acid groups (broad SMARTS) is 1. The molecule has 10 heavy (non-hydrogen) atoms. The Balaban J connectivity index is 0.000000236. The lowest BCUT2D eigenvalue weighted by molar-refractivity contribution is -0.122. The fourth-order valence-electron chi connectivity index (χ4n) is 1.05. The first-order valence-corrected chi connectivity index (χ1v) is 3.57. The van der Waals surface area contributed by atoms with Crippen LogP contribution in [0.2, 0.25) is 0 Å². The van der Waals surface area contributed by atoms with Crippen LogP contribution in [0.25, 0.3) is 0 Å². The summed E-state index contributed by atoms with van der Waals surface area (Å²) in [6.07, 6.45) is 4.28. The molecule has 0 saturated carbocycles. The van der Waals surface area contributed by atoms with Crippen LogP contribution in [0.4, 0.5) is 0 Å². The summed E-state index contributed by atoms with van der Waals surface area (Å²) in [5.74, 6) is 0. The van der Waals surface area contributed by atoms with E-state index in [1.54, 1.807) is 0 Å². The maximum absolute atomic E-state index is 8.36. The average Bonchev–Trinajstić information content (AvgIpc) is 1.91. The van der Waals surface area contributed by atoms with E-state index < -0.39 is 0 Å². The van der Waals surface area contributed by atoms with Crippen molar-refractivity contribution in [2.45, 2.75) is 19.3 Å². The van der Waals surface area contributed by atoms with Gasteiger partial charge < -0.3 is 10.0 Å². The van der Waals surface area contributed by atoms with Crippen LogP contribution in [0.15, 0.2) is 0 Å². The number of rotatable bonds is 0. The molecule has 1 rings (SSSR count). The Kier molecular flexibility index (Phi) is 6.18. The molecule has 0 amide bonds. The van der Waals surface area contributed by atoms with Crippen LogP contribution in [0.3, 0.4) is 0 Å². The van der Waals surface area contributed by atoms with Crippen LogP contribution in [0.5, 0.6) is 0 Å². The summed E-state index contributed by atoms with van der Waals surface area (Å²) in [5, 5.41) is 6.89. The number of hydrogen-bond donors (Lipinski definition) is 1. The van der Waals surface area contributed by atoms with E-state index in [0.717, 1.165) is 0 Å². The molecular weight excluding hydrogens is 130 g/mol. The summed E-state index contributed by atoms with van der Waals surface area (Å²) in [7, 11) is 2.19. The highest BCUT2D eigenvalue weighted by molar-refractivity contribution is 5.32. The lowest BCUT2D eigenvalue weighted by Crippen LogP contribution is -2.24. The van der Waals surface area contributed by atoms with Gasteiger partial charge in [-0.3, -0.25) is 4.79 Å². The maximum Gasteiger partial charge on any atom is 0.290 e. The molecular formula is C7H15NO2. The van der Waals surface area contributed by atoms with Gasteiger partial charge in [-0.15, -0.1) is 0 Å². The van der Waals surface area contributed by atoms with E-state index in [9.17, 15) is 0 Å². The fourth-order valence-corrected chi connectivity index (χ4v) is 1.05. The zero-order valence-electron chi connectivity index (χ0n) is 6.42. The van der Waals surface area contributed by atoms with Crippen molar-refractivity contribution in [1.82, 2.24) is 4.90 Å². The molecule has 0 radical (unpaired) electrons. The Morgan fingerprint density at radius 2 is 1.70 bits per heavy atom. The van der Waals surface area contributed by atoms with Gasteiger partial charge in [0.1, 0.15) is 0 Å². The lowest BCUT2D eigenvalue weighted by Gasteiger charge is -2.20. The summed E-state index contributed by atoms with van der Waals surface area (Å²) >= 11 is 0. The van der Waals surface area contributed by atoms with Crippen LogP contribution in [-0.2, 0) is 4.79 Å². The summed E-state index contributed by atoms with van der Waals surface area (Å²) in [6.45, 7) is 2.39. The number of carbonyl (C=O) groups is 1. The molecule has 0 unspecified atom stereocenters. The fraction of sp³-hybridized carbons (Fsp3) is 0.857. The molecule has 1 fully saturated rings.